The average molecular weight is 318 g/mol. The molecule has 0 unspecified atom stereocenters. The van der Waals surface area contributed by atoms with Crippen LogP contribution in [-0.4, -0.2) is 30.0 Å². The third-order valence-corrected chi connectivity index (χ3v) is 3.59. The second kappa shape index (κ2) is 6.12. The largest absolute Gasteiger partial charge is 1.00 e. The van der Waals surface area contributed by atoms with Crippen molar-refractivity contribution < 1.29 is 62.3 Å². The Morgan fingerprint density at radius 2 is 1.57 bits per heavy atom. The molecule has 104 valence electrons. The van der Waals surface area contributed by atoms with E-state index in [4.69, 9.17) is 9.66 Å². The van der Waals surface area contributed by atoms with Gasteiger partial charge in [0.1, 0.15) is 0 Å². The van der Waals surface area contributed by atoms with E-state index in [-0.39, 0.29) is 51.5 Å². The van der Waals surface area contributed by atoms with Gasteiger partial charge < -0.3 is 15.0 Å². The minimum Gasteiger partial charge on any atom is -0.545 e. The molecule has 0 saturated heterocycles. The van der Waals surface area contributed by atoms with E-state index < -0.39 is 27.0 Å². The molecule has 2 aromatic rings. The molecule has 0 aliphatic carbocycles. The average Bonchev–Trinajstić information content (AvgIpc) is 2.35. The van der Waals surface area contributed by atoms with Crippen LogP contribution in [0, 0.1) is 0 Å². The first kappa shape index (κ1) is 17.6. The van der Waals surface area contributed by atoms with Crippen LogP contribution in [0.3, 0.4) is 0 Å². The van der Waals surface area contributed by atoms with Crippen molar-refractivity contribution >= 4 is 32.8 Å². The summed E-state index contributed by atoms with van der Waals surface area (Å²) in [5.74, 6) is -2.88. The molecule has 0 saturated carbocycles. The molecule has 0 atom stereocenters. The van der Waals surface area contributed by atoms with Crippen molar-refractivity contribution in [3.05, 3.63) is 41.5 Å². The minimum absolute atomic E-state index is 0. The zero-order valence-corrected chi connectivity index (χ0v) is 13.5. The van der Waals surface area contributed by atoms with Crippen LogP contribution >= 0.6 is 0 Å². The topological polar surface area (TPSA) is 132 Å². The predicted molar refractivity (Wildman–Crippen MR) is 65.1 cm³/mol. The van der Waals surface area contributed by atoms with E-state index in [1.54, 1.807) is 0 Å². The fourth-order valence-corrected chi connectivity index (χ4v) is 2.36. The number of aromatic carboxylic acids is 2. The van der Waals surface area contributed by atoms with Crippen molar-refractivity contribution in [2.24, 2.45) is 0 Å². The zero-order chi connectivity index (χ0) is 15.1. The van der Waals surface area contributed by atoms with Crippen molar-refractivity contribution in [3.63, 3.8) is 0 Å². The Balaban J connectivity index is 0.00000220. The Kier molecular flexibility index (Phi) is 5.13. The summed E-state index contributed by atoms with van der Waals surface area (Å²) in [5, 5.41) is 19.9. The van der Waals surface area contributed by atoms with Crippen LogP contribution < -0.4 is 34.7 Å². The Morgan fingerprint density at radius 3 is 2.05 bits per heavy atom. The van der Waals surface area contributed by atoms with Gasteiger partial charge in [0, 0.05) is 5.56 Å². The molecular weight excluding hydrogens is 311 g/mol. The van der Waals surface area contributed by atoms with Gasteiger partial charge in [-0.25, -0.2) is 4.79 Å². The number of hydrogen-bond donors (Lipinski definition) is 2. The standard InChI is InChI=1S/C12H8O7S.Na/c13-11(14)8-3-4-9(12(15)16)10-5-6(20(17,18)19)1-2-7(8)10;/h1-5H,(H,13,14)(H,15,16)(H,17,18,19);/q;+1/p-1. The van der Waals surface area contributed by atoms with E-state index in [0.29, 0.717) is 0 Å². The molecule has 0 aliphatic heterocycles. The maximum absolute atomic E-state index is 11.1. The fraction of sp³-hybridized carbons (Fsp3) is 0. The molecule has 9 heteroatoms. The predicted octanol–water partition coefficient (Wildman–Crippen LogP) is -2.85. The minimum atomic E-state index is -4.53. The van der Waals surface area contributed by atoms with Crippen LogP contribution in [0.15, 0.2) is 35.2 Å². The molecule has 2 aromatic carbocycles. The smallest absolute Gasteiger partial charge is 0.545 e. The number of carbonyl (C=O) groups excluding carboxylic acids is 1. The van der Waals surface area contributed by atoms with Crippen molar-refractivity contribution in [2.75, 3.05) is 0 Å². The normalized spacial score (nSPS) is 10.9. The summed E-state index contributed by atoms with van der Waals surface area (Å²) in [7, 11) is -4.53. The SMILES string of the molecule is O=C([O-])c1ccc(C(=O)O)c2cc(S(=O)(=O)O)ccc12.[Na+]. The summed E-state index contributed by atoms with van der Waals surface area (Å²) in [6, 6.07) is 5.09. The van der Waals surface area contributed by atoms with E-state index in [2.05, 4.69) is 0 Å². The molecular formula is C12H7NaO7S. The molecule has 0 amide bonds. The van der Waals surface area contributed by atoms with Crippen LogP contribution in [0.25, 0.3) is 10.8 Å². The van der Waals surface area contributed by atoms with Gasteiger partial charge in [-0.15, -0.1) is 0 Å². The molecule has 21 heavy (non-hydrogen) atoms. The summed E-state index contributed by atoms with van der Waals surface area (Å²) in [4.78, 5) is 21.5. The maximum Gasteiger partial charge on any atom is 1.00 e. The van der Waals surface area contributed by atoms with E-state index in [9.17, 15) is 23.1 Å². The molecule has 2 rings (SSSR count). The Hall–Kier alpha value is -1.45. The van der Waals surface area contributed by atoms with Crippen molar-refractivity contribution in [1.29, 1.82) is 0 Å². The van der Waals surface area contributed by atoms with Gasteiger partial charge in [0.15, 0.2) is 0 Å². The monoisotopic (exact) mass is 318 g/mol. The van der Waals surface area contributed by atoms with Gasteiger partial charge in [0.25, 0.3) is 10.1 Å². The quantitative estimate of drug-likeness (QED) is 0.460. The number of rotatable bonds is 3. The van der Waals surface area contributed by atoms with Crippen molar-refractivity contribution in [3.8, 4) is 0 Å². The van der Waals surface area contributed by atoms with Crippen LogP contribution in [-0.2, 0) is 10.1 Å². The van der Waals surface area contributed by atoms with E-state index in [0.717, 1.165) is 30.3 Å². The third kappa shape index (κ3) is 3.42. The molecule has 7 nitrogen and oxygen atoms in total. The summed E-state index contributed by atoms with van der Waals surface area (Å²) >= 11 is 0. The first-order chi connectivity index (χ1) is 9.21. The number of carbonyl (C=O) groups is 2. The van der Waals surface area contributed by atoms with E-state index >= 15 is 0 Å². The summed E-state index contributed by atoms with van der Waals surface area (Å²) in [6.45, 7) is 0. The molecule has 0 fully saturated rings. The molecule has 0 heterocycles. The molecule has 0 radical (unpaired) electrons. The molecule has 0 spiro atoms. The van der Waals surface area contributed by atoms with Gasteiger partial charge in [-0.05, 0) is 29.0 Å². The van der Waals surface area contributed by atoms with E-state index in [1.807, 2.05) is 0 Å². The van der Waals surface area contributed by atoms with Crippen LogP contribution in [0.1, 0.15) is 20.7 Å². The zero-order valence-electron chi connectivity index (χ0n) is 10.7. The van der Waals surface area contributed by atoms with Gasteiger partial charge in [0.2, 0.25) is 0 Å². The molecule has 2 N–H and O–H groups in total. The van der Waals surface area contributed by atoms with Gasteiger partial charge in [0.05, 0.1) is 16.4 Å². The molecule has 0 aromatic heterocycles. The fourth-order valence-electron chi connectivity index (χ4n) is 1.85. The van der Waals surface area contributed by atoms with E-state index in [1.165, 1.54) is 0 Å². The van der Waals surface area contributed by atoms with Gasteiger partial charge in [-0.2, -0.15) is 8.42 Å². The van der Waals surface area contributed by atoms with Crippen molar-refractivity contribution in [2.45, 2.75) is 4.90 Å². The Bertz CT molecular complexity index is 842. The number of benzene rings is 2. The van der Waals surface area contributed by atoms with Gasteiger partial charge in [-0.1, -0.05) is 12.1 Å². The summed E-state index contributed by atoms with van der Waals surface area (Å²) in [6.07, 6.45) is 0. The summed E-state index contributed by atoms with van der Waals surface area (Å²) < 4.78 is 31.1. The van der Waals surface area contributed by atoms with Crippen LogP contribution in [0.5, 0.6) is 0 Å². The Labute approximate surface area is 141 Å². The number of fused-ring (bicyclic) bond motifs is 1. The molecule has 0 aliphatic rings. The summed E-state index contributed by atoms with van der Waals surface area (Å²) in [5.41, 5.74) is -0.553. The van der Waals surface area contributed by atoms with Crippen LogP contribution in [0.2, 0.25) is 0 Å². The number of carboxylic acid groups (broad SMARTS) is 2. The second-order valence-corrected chi connectivity index (χ2v) is 5.36. The number of carboxylic acids is 2. The first-order valence-corrected chi connectivity index (χ1v) is 6.64. The van der Waals surface area contributed by atoms with Crippen LogP contribution in [0.4, 0.5) is 0 Å². The van der Waals surface area contributed by atoms with Crippen molar-refractivity contribution in [1.82, 2.24) is 0 Å². The third-order valence-electron chi connectivity index (χ3n) is 2.74. The molecule has 0 bridgehead atoms. The number of hydrogen-bond acceptors (Lipinski definition) is 5. The van der Waals surface area contributed by atoms with Gasteiger partial charge in [-0.3, -0.25) is 4.55 Å². The van der Waals surface area contributed by atoms with Gasteiger partial charge >= 0.3 is 35.5 Å². The second-order valence-electron chi connectivity index (χ2n) is 3.94. The Morgan fingerprint density at radius 1 is 1.00 bits per heavy atom. The maximum atomic E-state index is 11.1. The first-order valence-electron chi connectivity index (χ1n) is 5.20.